The highest BCUT2D eigenvalue weighted by molar-refractivity contribution is 6.39. The highest BCUT2D eigenvalue weighted by atomic mass is 15.0. The molecule has 0 atom stereocenters. The molecule has 0 saturated carbocycles. The maximum absolute atomic E-state index is 2.45. The number of nitrogens with zero attached hydrogens (tertiary/aromatic N) is 1. The lowest BCUT2D eigenvalue weighted by Gasteiger charge is -2.17. The Bertz CT molecular complexity index is 2030. The first-order chi connectivity index (χ1) is 17.4. The van der Waals surface area contributed by atoms with Crippen molar-refractivity contribution in [3.63, 3.8) is 0 Å². The molecule has 0 bridgehead atoms. The van der Waals surface area contributed by atoms with Gasteiger partial charge in [0.15, 0.2) is 0 Å². The van der Waals surface area contributed by atoms with E-state index < -0.39 is 0 Å². The molecule has 1 heterocycles. The Hall–Kier alpha value is -4.62. The van der Waals surface area contributed by atoms with E-state index in [2.05, 4.69) is 132 Å². The van der Waals surface area contributed by atoms with Gasteiger partial charge in [-0.15, -0.1) is 0 Å². The molecule has 0 aliphatic heterocycles. The van der Waals surface area contributed by atoms with Crippen LogP contribution >= 0.6 is 0 Å². The summed E-state index contributed by atoms with van der Waals surface area (Å²) in [6, 6.07) is 46.4. The van der Waals surface area contributed by atoms with Gasteiger partial charge in [0.25, 0.3) is 0 Å². The highest BCUT2D eigenvalue weighted by Gasteiger charge is 2.21. The van der Waals surface area contributed by atoms with Crippen LogP contribution in [0.4, 0.5) is 0 Å². The predicted molar refractivity (Wildman–Crippen MR) is 150 cm³/mol. The van der Waals surface area contributed by atoms with Crippen molar-refractivity contribution in [2.45, 2.75) is 0 Å². The van der Waals surface area contributed by atoms with E-state index in [1.165, 1.54) is 70.9 Å². The van der Waals surface area contributed by atoms with Crippen molar-refractivity contribution >= 4 is 54.1 Å². The molecule has 8 rings (SSSR count). The molecule has 0 spiro atoms. The van der Waals surface area contributed by atoms with Crippen LogP contribution in [0.1, 0.15) is 0 Å². The molecule has 0 unspecified atom stereocenters. The van der Waals surface area contributed by atoms with Gasteiger partial charge >= 0.3 is 0 Å². The van der Waals surface area contributed by atoms with Gasteiger partial charge < -0.3 is 4.57 Å². The number of hydrogen-bond donors (Lipinski definition) is 0. The van der Waals surface area contributed by atoms with Crippen molar-refractivity contribution in [3.8, 4) is 16.8 Å². The molecule has 0 radical (unpaired) electrons. The van der Waals surface area contributed by atoms with Gasteiger partial charge in [0.05, 0.1) is 11.0 Å². The Morgan fingerprint density at radius 2 is 1.09 bits per heavy atom. The lowest BCUT2D eigenvalue weighted by Crippen LogP contribution is -1.95. The SMILES string of the molecule is c1ccc(-c2cc3cccc4c3c3c2cccc3c2c4c3ccccc3n2-c2ccccc2)cc1. The minimum Gasteiger partial charge on any atom is -0.309 e. The molecule has 8 aromatic rings. The summed E-state index contributed by atoms with van der Waals surface area (Å²) in [6.45, 7) is 0. The first kappa shape index (κ1) is 18.8. The molecule has 1 aromatic heterocycles. The van der Waals surface area contributed by atoms with Crippen LogP contribution in [-0.2, 0) is 0 Å². The van der Waals surface area contributed by atoms with Gasteiger partial charge in [0.1, 0.15) is 0 Å². The molecule has 0 saturated heterocycles. The number of aromatic nitrogens is 1. The molecule has 162 valence electrons. The summed E-state index contributed by atoms with van der Waals surface area (Å²) in [7, 11) is 0. The zero-order valence-corrected chi connectivity index (χ0v) is 19.1. The fourth-order valence-electron chi connectivity index (χ4n) is 6.12. The van der Waals surface area contributed by atoms with Crippen LogP contribution in [0, 0.1) is 0 Å². The summed E-state index contributed by atoms with van der Waals surface area (Å²) >= 11 is 0. The number of hydrogen-bond acceptors (Lipinski definition) is 0. The Balaban J connectivity index is 1.70. The van der Waals surface area contributed by atoms with Crippen molar-refractivity contribution < 1.29 is 0 Å². The first-order valence-corrected chi connectivity index (χ1v) is 12.1. The molecule has 0 N–H and O–H groups in total. The fourth-order valence-corrected chi connectivity index (χ4v) is 6.12. The number of benzene rings is 7. The smallest absolute Gasteiger partial charge is 0.0626 e. The van der Waals surface area contributed by atoms with Crippen LogP contribution in [0.25, 0.3) is 70.9 Å². The van der Waals surface area contributed by atoms with Crippen LogP contribution in [0.2, 0.25) is 0 Å². The van der Waals surface area contributed by atoms with E-state index >= 15 is 0 Å². The lowest BCUT2D eigenvalue weighted by atomic mass is 9.87. The summed E-state index contributed by atoms with van der Waals surface area (Å²) < 4.78 is 2.45. The fraction of sp³-hybridized carbons (Fsp3) is 0. The Morgan fingerprint density at radius 3 is 1.94 bits per heavy atom. The summed E-state index contributed by atoms with van der Waals surface area (Å²) in [4.78, 5) is 0. The standard InChI is InChI=1S/C34H21N/c1-3-11-22(12-4-1)29-21-23-13-9-18-27-31(23)32-25(29)17-10-19-28(32)34-33(27)26-16-7-8-20-30(26)35(34)24-14-5-2-6-15-24/h1-21H. The van der Waals surface area contributed by atoms with Gasteiger partial charge in [0, 0.05) is 27.2 Å². The maximum Gasteiger partial charge on any atom is 0.0626 e. The van der Waals surface area contributed by atoms with Crippen LogP contribution in [0.5, 0.6) is 0 Å². The van der Waals surface area contributed by atoms with Crippen molar-refractivity contribution in [1.82, 2.24) is 4.57 Å². The Labute approximate surface area is 202 Å². The number of rotatable bonds is 2. The third-order valence-corrected chi connectivity index (χ3v) is 7.50. The molecule has 1 heteroatoms. The first-order valence-electron chi connectivity index (χ1n) is 12.1. The second-order valence-electron chi connectivity index (χ2n) is 9.33. The Kier molecular flexibility index (Phi) is 3.72. The van der Waals surface area contributed by atoms with E-state index in [1.54, 1.807) is 0 Å². The molecule has 7 aromatic carbocycles. The minimum absolute atomic E-state index is 1.19. The number of para-hydroxylation sites is 2. The average Bonchev–Trinajstić information content (AvgIpc) is 3.28. The zero-order valence-electron chi connectivity index (χ0n) is 19.1. The molecule has 35 heavy (non-hydrogen) atoms. The van der Waals surface area contributed by atoms with Crippen LogP contribution in [0.15, 0.2) is 127 Å². The van der Waals surface area contributed by atoms with E-state index in [-0.39, 0.29) is 0 Å². The normalized spacial score (nSPS) is 12.0. The second kappa shape index (κ2) is 6.94. The molecule has 0 aliphatic rings. The summed E-state index contributed by atoms with van der Waals surface area (Å²) in [5.41, 5.74) is 6.27. The third kappa shape index (κ3) is 2.47. The van der Waals surface area contributed by atoms with Crippen molar-refractivity contribution in [2.75, 3.05) is 0 Å². The molecular weight excluding hydrogens is 422 g/mol. The molecular formula is C34H21N. The third-order valence-electron chi connectivity index (χ3n) is 7.50. The van der Waals surface area contributed by atoms with Gasteiger partial charge in [-0.2, -0.15) is 0 Å². The van der Waals surface area contributed by atoms with E-state index in [0.717, 1.165) is 0 Å². The number of fused-ring (bicyclic) bond motifs is 5. The van der Waals surface area contributed by atoms with E-state index in [1.807, 2.05) is 0 Å². The van der Waals surface area contributed by atoms with Crippen LogP contribution in [0.3, 0.4) is 0 Å². The van der Waals surface area contributed by atoms with Crippen LogP contribution < -0.4 is 0 Å². The van der Waals surface area contributed by atoms with Crippen molar-refractivity contribution in [2.24, 2.45) is 0 Å². The van der Waals surface area contributed by atoms with E-state index in [4.69, 9.17) is 0 Å². The van der Waals surface area contributed by atoms with Crippen LogP contribution in [-0.4, -0.2) is 4.57 Å². The Morgan fingerprint density at radius 1 is 0.429 bits per heavy atom. The van der Waals surface area contributed by atoms with Gasteiger partial charge in [-0.25, -0.2) is 0 Å². The molecule has 0 amide bonds. The van der Waals surface area contributed by atoms with Crippen molar-refractivity contribution in [1.29, 1.82) is 0 Å². The summed E-state index contributed by atoms with van der Waals surface area (Å²) in [5, 5.41) is 10.6. The summed E-state index contributed by atoms with van der Waals surface area (Å²) in [6.07, 6.45) is 0. The van der Waals surface area contributed by atoms with Gasteiger partial charge in [-0.3, -0.25) is 0 Å². The largest absolute Gasteiger partial charge is 0.309 e. The highest BCUT2D eigenvalue weighted by Crippen LogP contribution is 2.47. The van der Waals surface area contributed by atoms with E-state index in [9.17, 15) is 0 Å². The zero-order chi connectivity index (χ0) is 22.9. The second-order valence-corrected chi connectivity index (χ2v) is 9.33. The van der Waals surface area contributed by atoms with Gasteiger partial charge in [-0.1, -0.05) is 103 Å². The average molecular weight is 444 g/mol. The minimum atomic E-state index is 1.19. The van der Waals surface area contributed by atoms with E-state index in [0.29, 0.717) is 0 Å². The molecule has 0 fully saturated rings. The monoisotopic (exact) mass is 443 g/mol. The van der Waals surface area contributed by atoms with Gasteiger partial charge in [0.2, 0.25) is 0 Å². The topological polar surface area (TPSA) is 4.93 Å². The quantitative estimate of drug-likeness (QED) is 0.235. The van der Waals surface area contributed by atoms with Crippen molar-refractivity contribution in [3.05, 3.63) is 127 Å². The summed E-state index contributed by atoms with van der Waals surface area (Å²) in [5.74, 6) is 0. The molecule has 1 nitrogen and oxygen atoms in total. The van der Waals surface area contributed by atoms with Gasteiger partial charge in [-0.05, 0) is 56.9 Å². The maximum atomic E-state index is 2.45. The molecule has 0 aliphatic carbocycles. The lowest BCUT2D eigenvalue weighted by molar-refractivity contribution is 1.19. The predicted octanol–water partition coefficient (Wildman–Crippen LogP) is 9.35.